The second-order valence-electron chi connectivity index (χ2n) is 6.30. The van der Waals surface area contributed by atoms with Crippen molar-refractivity contribution in [1.82, 2.24) is 10.6 Å². The van der Waals surface area contributed by atoms with Crippen LogP contribution in [0.4, 0.5) is 4.79 Å². The lowest BCUT2D eigenvalue weighted by Gasteiger charge is -2.36. The van der Waals surface area contributed by atoms with Crippen LogP contribution in [0.1, 0.15) is 64.2 Å². The van der Waals surface area contributed by atoms with Crippen LogP contribution in [0.25, 0.3) is 0 Å². The van der Waals surface area contributed by atoms with Gasteiger partial charge in [-0.15, -0.1) is 0 Å². The van der Waals surface area contributed by atoms with E-state index in [1.807, 2.05) is 0 Å². The van der Waals surface area contributed by atoms with Gasteiger partial charge in [-0.3, -0.25) is 4.79 Å². The maximum absolute atomic E-state index is 12.0. The normalized spacial score (nSPS) is 20.7. The first-order valence-electron chi connectivity index (χ1n) is 8.05. The van der Waals surface area contributed by atoms with Crippen molar-refractivity contribution in [2.45, 2.75) is 69.7 Å². The van der Waals surface area contributed by atoms with Crippen molar-refractivity contribution in [2.24, 2.45) is 0 Å². The highest BCUT2D eigenvalue weighted by Crippen LogP contribution is 2.31. The predicted molar refractivity (Wildman–Crippen MR) is 81.2 cm³/mol. The molecule has 5 nitrogen and oxygen atoms in total. The van der Waals surface area contributed by atoms with Crippen LogP contribution in [0.2, 0.25) is 0 Å². The number of amides is 2. The number of carbonyl (C=O) groups is 2. The molecule has 0 spiro atoms. The third-order valence-corrected chi connectivity index (χ3v) is 4.55. The van der Waals surface area contributed by atoms with Gasteiger partial charge >= 0.3 is 12.0 Å². The number of hydrogen-bond acceptors (Lipinski definition) is 2. The molecule has 3 N–H and O–H groups in total. The Morgan fingerprint density at radius 2 is 1.95 bits per heavy atom. The topological polar surface area (TPSA) is 78.4 Å². The molecule has 0 aromatic carbocycles. The average Bonchev–Trinajstić information content (AvgIpc) is 2.91. The third-order valence-electron chi connectivity index (χ3n) is 4.55. The van der Waals surface area contributed by atoms with E-state index in [-0.39, 0.29) is 12.5 Å². The highest BCUT2D eigenvalue weighted by atomic mass is 16.4. The van der Waals surface area contributed by atoms with Gasteiger partial charge < -0.3 is 15.7 Å². The summed E-state index contributed by atoms with van der Waals surface area (Å²) < 4.78 is 0. The number of carbonyl (C=O) groups excluding carboxylic acids is 1. The van der Waals surface area contributed by atoms with Crippen LogP contribution in [0.5, 0.6) is 0 Å². The van der Waals surface area contributed by atoms with Crippen molar-refractivity contribution in [3.05, 3.63) is 11.6 Å². The molecule has 118 valence electrons. The molecule has 0 saturated heterocycles. The Morgan fingerprint density at radius 1 is 1.19 bits per heavy atom. The van der Waals surface area contributed by atoms with E-state index in [0.29, 0.717) is 6.54 Å². The summed E-state index contributed by atoms with van der Waals surface area (Å²) in [6.45, 7) is 0.626. The summed E-state index contributed by atoms with van der Waals surface area (Å²) in [5.74, 6) is -0.840. The highest BCUT2D eigenvalue weighted by Gasteiger charge is 2.35. The van der Waals surface area contributed by atoms with Crippen LogP contribution < -0.4 is 10.6 Å². The summed E-state index contributed by atoms with van der Waals surface area (Å²) in [5, 5.41) is 14.9. The molecule has 0 aromatic rings. The zero-order chi connectivity index (χ0) is 15.1. The van der Waals surface area contributed by atoms with E-state index in [9.17, 15) is 9.59 Å². The molecule has 0 bridgehead atoms. The van der Waals surface area contributed by atoms with E-state index in [0.717, 1.165) is 51.4 Å². The minimum absolute atomic E-state index is 0.0194. The molecule has 0 atom stereocenters. The number of nitrogens with one attached hydrogen (secondary N) is 2. The summed E-state index contributed by atoms with van der Waals surface area (Å²) in [6, 6.07) is -0.225. The number of allylic oxidation sites excluding steroid dienone is 1. The van der Waals surface area contributed by atoms with Crippen molar-refractivity contribution in [2.75, 3.05) is 6.54 Å². The van der Waals surface area contributed by atoms with E-state index in [4.69, 9.17) is 5.11 Å². The molecule has 0 unspecified atom stereocenters. The van der Waals surface area contributed by atoms with Crippen LogP contribution in [-0.4, -0.2) is 29.2 Å². The van der Waals surface area contributed by atoms with Crippen molar-refractivity contribution < 1.29 is 14.7 Å². The Morgan fingerprint density at radius 3 is 2.57 bits per heavy atom. The van der Waals surface area contributed by atoms with Crippen molar-refractivity contribution in [3.63, 3.8) is 0 Å². The molecule has 1 saturated carbocycles. The Balaban J connectivity index is 1.78. The lowest BCUT2D eigenvalue weighted by molar-refractivity contribution is -0.139. The molecule has 0 aromatic heterocycles. The van der Waals surface area contributed by atoms with Gasteiger partial charge in [-0.1, -0.05) is 30.9 Å². The van der Waals surface area contributed by atoms with E-state index in [1.165, 1.54) is 12.0 Å². The van der Waals surface area contributed by atoms with Gasteiger partial charge in [-0.2, -0.15) is 0 Å². The summed E-state index contributed by atoms with van der Waals surface area (Å²) in [6.07, 6.45) is 11.3. The molecule has 2 aliphatic carbocycles. The van der Waals surface area contributed by atoms with Crippen LogP contribution in [-0.2, 0) is 4.79 Å². The lowest BCUT2D eigenvalue weighted by Crippen LogP contribution is -2.54. The fourth-order valence-corrected chi connectivity index (χ4v) is 3.45. The first-order chi connectivity index (χ1) is 10.1. The molecule has 0 heterocycles. The zero-order valence-corrected chi connectivity index (χ0v) is 12.6. The smallest absolute Gasteiger partial charge is 0.315 e. The van der Waals surface area contributed by atoms with E-state index >= 15 is 0 Å². The third kappa shape index (κ3) is 5.06. The SMILES string of the molecule is O=C(O)CC1(NC(=O)NCCC2=CCCC2)CCCCC1. The van der Waals surface area contributed by atoms with E-state index < -0.39 is 11.5 Å². The van der Waals surface area contributed by atoms with Gasteiger partial charge in [0.1, 0.15) is 0 Å². The van der Waals surface area contributed by atoms with Crippen molar-refractivity contribution in [3.8, 4) is 0 Å². The van der Waals surface area contributed by atoms with Gasteiger partial charge in [-0.25, -0.2) is 4.79 Å². The van der Waals surface area contributed by atoms with Crippen molar-refractivity contribution >= 4 is 12.0 Å². The summed E-state index contributed by atoms with van der Waals surface area (Å²) >= 11 is 0. The van der Waals surface area contributed by atoms with Gasteiger partial charge in [0.15, 0.2) is 0 Å². The van der Waals surface area contributed by atoms with Gasteiger partial charge in [0.2, 0.25) is 0 Å². The van der Waals surface area contributed by atoms with Gasteiger partial charge in [0, 0.05) is 6.54 Å². The molecule has 2 amide bonds. The molecule has 5 heteroatoms. The van der Waals surface area contributed by atoms with E-state index in [2.05, 4.69) is 16.7 Å². The first-order valence-corrected chi connectivity index (χ1v) is 8.05. The van der Waals surface area contributed by atoms with Gasteiger partial charge in [0.25, 0.3) is 0 Å². The average molecular weight is 294 g/mol. The number of carboxylic acid groups (broad SMARTS) is 1. The quantitative estimate of drug-likeness (QED) is 0.659. The molecule has 0 radical (unpaired) electrons. The number of urea groups is 1. The summed E-state index contributed by atoms with van der Waals surface area (Å²) in [4.78, 5) is 23.1. The van der Waals surface area contributed by atoms with Crippen LogP contribution in [0, 0.1) is 0 Å². The monoisotopic (exact) mass is 294 g/mol. The number of aliphatic carboxylic acids is 1. The van der Waals surface area contributed by atoms with E-state index in [1.54, 1.807) is 0 Å². The molecular weight excluding hydrogens is 268 g/mol. The van der Waals surface area contributed by atoms with Gasteiger partial charge in [0.05, 0.1) is 12.0 Å². The minimum Gasteiger partial charge on any atom is -0.481 e. The Bertz CT molecular complexity index is 412. The predicted octanol–water partition coefficient (Wildman–Crippen LogP) is 2.96. The highest BCUT2D eigenvalue weighted by molar-refractivity contribution is 5.76. The molecule has 2 rings (SSSR count). The molecule has 1 fully saturated rings. The largest absolute Gasteiger partial charge is 0.481 e. The second kappa shape index (κ2) is 7.48. The summed E-state index contributed by atoms with van der Waals surface area (Å²) in [5.41, 5.74) is 0.870. The molecule has 21 heavy (non-hydrogen) atoms. The minimum atomic E-state index is -0.840. The lowest BCUT2D eigenvalue weighted by atomic mass is 9.79. The van der Waals surface area contributed by atoms with Crippen LogP contribution in [0.15, 0.2) is 11.6 Å². The Kier molecular flexibility index (Phi) is 5.65. The maximum atomic E-state index is 12.0. The molecule has 2 aliphatic rings. The maximum Gasteiger partial charge on any atom is 0.315 e. The van der Waals surface area contributed by atoms with Crippen LogP contribution >= 0.6 is 0 Å². The van der Waals surface area contributed by atoms with Crippen LogP contribution in [0.3, 0.4) is 0 Å². The fourth-order valence-electron chi connectivity index (χ4n) is 3.45. The first kappa shape index (κ1) is 15.9. The Hall–Kier alpha value is -1.52. The molecule has 0 aliphatic heterocycles. The van der Waals surface area contributed by atoms with Gasteiger partial charge in [-0.05, 0) is 38.5 Å². The zero-order valence-electron chi connectivity index (χ0n) is 12.6. The fraction of sp³-hybridized carbons (Fsp3) is 0.750. The number of hydrogen-bond donors (Lipinski definition) is 3. The number of carboxylic acids is 1. The molecular formula is C16H26N2O3. The van der Waals surface area contributed by atoms with Crippen molar-refractivity contribution in [1.29, 1.82) is 0 Å². The standard InChI is InChI=1S/C16H26N2O3/c19-14(20)12-16(9-4-1-5-10-16)18-15(21)17-11-8-13-6-2-3-7-13/h6H,1-5,7-12H2,(H,19,20)(H2,17,18,21). The number of rotatable bonds is 6. The second-order valence-corrected chi connectivity index (χ2v) is 6.30. The Labute approximate surface area is 126 Å². The summed E-state index contributed by atoms with van der Waals surface area (Å²) in [7, 11) is 0.